The number of aromatic nitrogens is 3. The van der Waals surface area contributed by atoms with Crippen molar-refractivity contribution in [3.8, 4) is 0 Å². The predicted molar refractivity (Wildman–Crippen MR) is 58.3 cm³/mol. The lowest BCUT2D eigenvalue weighted by molar-refractivity contribution is 0.549. The van der Waals surface area contributed by atoms with E-state index in [0.29, 0.717) is 5.69 Å². The smallest absolute Gasteiger partial charge is 0.146 e. The quantitative estimate of drug-likeness (QED) is 0.846. The summed E-state index contributed by atoms with van der Waals surface area (Å²) >= 11 is 0. The highest BCUT2D eigenvalue weighted by molar-refractivity contribution is 5.22. The van der Waals surface area contributed by atoms with Gasteiger partial charge in [-0.2, -0.15) is 5.10 Å². The Morgan fingerprint density at radius 2 is 2.25 bits per heavy atom. The van der Waals surface area contributed by atoms with Crippen molar-refractivity contribution in [1.29, 1.82) is 0 Å². The summed E-state index contributed by atoms with van der Waals surface area (Å²) in [5, 5.41) is 7.26. The highest BCUT2D eigenvalue weighted by atomic mass is 19.1. The van der Waals surface area contributed by atoms with Crippen molar-refractivity contribution in [2.24, 2.45) is 7.05 Å². The molecule has 2 rings (SSSR count). The molecule has 0 saturated carbocycles. The Kier molecular flexibility index (Phi) is 2.96. The summed E-state index contributed by atoms with van der Waals surface area (Å²) in [6, 6.07) is 4.50. The molecule has 0 aliphatic carbocycles. The van der Waals surface area contributed by atoms with Crippen molar-refractivity contribution < 1.29 is 4.39 Å². The predicted octanol–water partition coefficient (Wildman–Crippen LogP) is 1.26. The zero-order chi connectivity index (χ0) is 11.5. The number of nitrogens with one attached hydrogen (secondary N) is 1. The summed E-state index contributed by atoms with van der Waals surface area (Å²) in [7, 11) is 3.58. The fourth-order valence-corrected chi connectivity index (χ4v) is 1.62. The molecule has 0 radical (unpaired) electrons. The number of hydrogen-bond acceptors (Lipinski definition) is 3. The molecule has 1 N–H and O–H groups in total. The van der Waals surface area contributed by atoms with Gasteiger partial charge in [0.05, 0.1) is 17.4 Å². The first-order chi connectivity index (χ1) is 7.72. The summed E-state index contributed by atoms with van der Waals surface area (Å²) in [5.74, 6) is -0.326. The minimum Gasteiger partial charge on any atom is -0.307 e. The van der Waals surface area contributed by atoms with Crippen molar-refractivity contribution in [3.63, 3.8) is 0 Å². The molecule has 0 bridgehead atoms. The third kappa shape index (κ3) is 1.94. The van der Waals surface area contributed by atoms with Crippen molar-refractivity contribution in [3.05, 3.63) is 47.8 Å². The van der Waals surface area contributed by atoms with E-state index >= 15 is 0 Å². The summed E-state index contributed by atoms with van der Waals surface area (Å²) in [4.78, 5) is 4.05. The average Bonchev–Trinajstić information content (AvgIpc) is 2.69. The summed E-state index contributed by atoms with van der Waals surface area (Å²) in [5.41, 5.74) is 1.12. The van der Waals surface area contributed by atoms with E-state index in [2.05, 4.69) is 15.4 Å². The number of halogens is 1. The minimum absolute atomic E-state index is 0.317. The van der Waals surface area contributed by atoms with Crippen molar-refractivity contribution >= 4 is 0 Å². The fraction of sp³-hybridized carbons (Fsp3) is 0.273. The molecule has 4 nitrogen and oxygen atoms in total. The molecule has 0 fully saturated rings. The first-order valence-corrected chi connectivity index (χ1v) is 4.99. The second kappa shape index (κ2) is 4.40. The monoisotopic (exact) mass is 220 g/mol. The molecule has 2 aromatic heterocycles. The first-order valence-electron chi connectivity index (χ1n) is 4.99. The maximum atomic E-state index is 13.6. The lowest BCUT2D eigenvalue weighted by Crippen LogP contribution is -2.21. The van der Waals surface area contributed by atoms with Gasteiger partial charge in [0.2, 0.25) is 0 Å². The number of hydrogen-bond donors (Lipinski definition) is 1. The van der Waals surface area contributed by atoms with E-state index in [1.54, 1.807) is 24.0 Å². The summed E-state index contributed by atoms with van der Waals surface area (Å²) < 4.78 is 15.3. The van der Waals surface area contributed by atoms with Crippen molar-refractivity contribution in [1.82, 2.24) is 20.1 Å². The van der Waals surface area contributed by atoms with Gasteiger partial charge in [-0.15, -0.1) is 0 Å². The van der Waals surface area contributed by atoms with Crippen LogP contribution in [0.25, 0.3) is 0 Å². The van der Waals surface area contributed by atoms with E-state index < -0.39 is 0 Å². The largest absolute Gasteiger partial charge is 0.307 e. The molecular weight excluding hydrogens is 207 g/mol. The Bertz CT molecular complexity index is 480. The molecule has 0 saturated heterocycles. The van der Waals surface area contributed by atoms with Gasteiger partial charge in [-0.1, -0.05) is 0 Å². The van der Waals surface area contributed by atoms with E-state index in [-0.39, 0.29) is 11.9 Å². The van der Waals surface area contributed by atoms with Crippen LogP contribution in [0.2, 0.25) is 0 Å². The Hall–Kier alpha value is -1.75. The van der Waals surface area contributed by atoms with Gasteiger partial charge in [0.25, 0.3) is 0 Å². The maximum Gasteiger partial charge on any atom is 0.146 e. The van der Waals surface area contributed by atoms with Crippen LogP contribution in [0.15, 0.2) is 30.6 Å². The lowest BCUT2D eigenvalue weighted by atomic mass is 10.1. The van der Waals surface area contributed by atoms with Crippen LogP contribution in [0.1, 0.15) is 17.4 Å². The lowest BCUT2D eigenvalue weighted by Gasteiger charge is -2.13. The number of nitrogens with zero attached hydrogens (tertiary/aromatic N) is 3. The van der Waals surface area contributed by atoms with Crippen LogP contribution < -0.4 is 5.32 Å². The van der Waals surface area contributed by atoms with E-state index in [0.717, 1.165) is 5.69 Å². The Morgan fingerprint density at radius 1 is 1.44 bits per heavy atom. The van der Waals surface area contributed by atoms with Crippen LogP contribution in [0.5, 0.6) is 0 Å². The average molecular weight is 220 g/mol. The van der Waals surface area contributed by atoms with E-state index in [9.17, 15) is 4.39 Å². The standard InChI is InChI=1S/C11H13FN4/c1-13-11(9-5-7-16(2)15-9)10-8(12)4-3-6-14-10/h3-7,11,13H,1-2H3. The van der Waals surface area contributed by atoms with Gasteiger partial charge in [0.1, 0.15) is 5.82 Å². The molecule has 2 aromatic rings. The number of pyridine rings is 1. The summed E-state index contributed by atoms with van der Waals surface area (Å²) in [6.45, 7) is 0. The van der Waals surface area contributed by atoms with Crippen molar-refractivity contribution in [2.45, 2.75) is 6.04 Å². The third-order valence-electron chi connectivity index (χ3n) is 2.38. The Morgan fingerprint density at radius 3 is 2.81 bits per heavy atom. The van der Waals surface area contributed by atoms with Crippen LogP contribution in [0.4, 0.5) is 4.39 Å². The SMILES string of the molecule is CNC(c1ccn(C)n1)c1ncccc1F. The van der Waals surface area contributed by atoms with E-state index in [4.69, 9.17) is 0 Å². The zero-order valence-electron chi connectivity index (χ0n) is 9.18. The first kappa shape index (κ1) is 10.8. The highest BCUT2D eigenvalue weighted by Crippen LogP contribution is 2.20. The second-order valence-electron chi connectivity index (χ2n) is 3.51. The van der Waals surface area contributed by atoms with Crippen LogP contribution in [0.3, 0.4) is 0 Å². The van der Waals surface area contributed by atoms with E-state index in [1.807, 2.05) is 19.3 Å². The maximum absolute atomic E-state index is 13.6. The molecule has 84 valence electrons. The molecule has 0 amide bonds. The highest BCUT2D eigenvalue weighted by Gasteiger charge is 2.19. The topological polar surface area (TPSA) is 42.7 Å². The third-order valence-corrected chi connectivity index (χ3v) is 2.38. The van der Waals surface area contributed by atoms with Crippen molar-refractivity contribution in [2.75, 3.05) is 7.05 Å². The molecule has 0 aliphatic heterocycles. The normalized spacial score (nSPS) is 12.7. The molecule has 0 aliphatic rings. The molecule has 1 atom stereocenters. The molecule has 2 heterocycles. The van der Waals surface area contributed by atoms with Crippen LogP contribution >= 0.6 is 0 Å². The molecule has 0 aromatic carbocycles. The van der Waals surface area contributed by atoms with Gasteiger partial charge in [-0.05, 0) is 25.2 Å². The van der Waals surface area contributed by atoms with Gasteiger partial charge in [-0.25, -0.2) is 4.39 Å². The van der Waals surface area contributed by atoms with Gasteiger partial charge < -0.3 is 5.32 Å². The van der Waals surface area contributed by atoms with Gasteiger partial charge in [0.15, 0.2) is 0 Å². The molecule has 1 unspecified atom stereocenters. The van der Waals surface area contributed by atoms with E-state index in [1.165, 1.54) is 6.07 Å². The Labute approximate surface area is 93.1 Å². The fourth-order valence-electron chi connectivity index (χ4n) is 1.62. The second-order valence-corrected chi connectivity index (χ2v) is 3.51. The number of rotatable bonds is 3. The molecule has 5 heteroatoms. The van der Waals surface area contributed by atoms with Crippen LogP contribution in [-0.4, -0.2) is 21.8 Å². The number of aryl methyl sites for hydroxylation is 1. The summed E-state index contributed by atoms with van der Waals surface area (Å²) in [6.07, 6.45) is 3.40. The van der Waals surface area contributed by atoms with Gasteiger partial charge in [-0.3, -0.25) is 9.67 Å². The Balaban J connectivity index is 2.40. The van der Waals surface area contributed by atoms with Crippen LogP contribution in [0, 0.1) is 5.82 Å². The van der Waals surface area contributed by atoms with Gasteiger partial charge >= 0.3 is 0 Å². The zero-order valence-corrected chi connectivity index (χ0v) is 9.18. The van der Waals surface area contributed by atoms with Crippen LogP contribution in [-0.2, 0) is 7.05 Å². The minimum atomic E-state index is -0.326. The van der Waals surface area contributed by atoms with Gasteiger partial charge in [0, 0.05) is 19.4 Å². The molecular formula is C11H13FN4. The molecule has 16 heavy (non-hydrogen) atoms. The molecule has 0 spiro atoms.